The minimum Gasteiger partial charge on any atom is -0.491 e. The highest BCUT2D eigenvalue weighted by Crippen LogP contribution is 2.21. The number of rotatable bonds is 4. The van der Waals surface area contributed by atoms with E-state index in [0.29, 0.717) is 5.58 Å². The Morgan fingerprint density at radius 2 is 2.12 bits per heavy atom. The summed E-state index contributed by atoms with van der Waals surface area (Å²) in [6.07, 6.45) is 2.33. The smallest absolute Gasteiger partial charge is 0.336 e. The quantitative estimate of drug-likeness (QED) is 0.759. The average molecular weight is 232 g/mol. The van der Waals surface area contributed by atoms with Crippen LogP contribution in [0.1, 0.15) is 26.7 Å². The van der Waals surface area contributed by atoms with Crippen molar-refractivity contribution in [2.24, 2.45) is 0 Å². The van der Waals surface area contributed by atoms with E-state index in [1.54, 1.807) is 12.1 Å². The number of benzene rings is 1. The highest BCUT2D eigenvalue weighted by molar-refractivity contribution is 5.77. The van der Waals surface area contributed by atoms with Crippen LogP contribution in [0.15, 0.2) is 39.5 Å². The van der Waals surface area contributed by atoms with E-state index in [1.807, 2.05) is 12.1 Å². The third-order valence-corrected chi connectivity index (χ3v) is 2.62. The van der Waals surface area contributed by atoms with E-state index >= 15 is 0 Å². The molecule has 0 saturated carbocycles. The zero-order valence-electron chi connectivity index (χ0n) is 10.1. The van der Waals surface area contributed by atoms with Crippen LogP contribution < -0.4 is 10.4 Å². The Hall–Kier alpha value is -1.77. The Morgan fingerprint density at radius 1 is 1.29 bits per heavy atom. The van der Waals surface area contributed by atoms with Crippen molar-refractivity contribution < 1.29 is 9.15 Å². The van der Waals surface area contributed by atoms with Crippen molar-refractivity contribution in [3.8, 4) is 5.75 Å². The zero-order valence-corrected chi connectivity index (χ0v) is 10.1. The van der Waals surface area contributed by atoms with Crippen molar-refractivity contribution in [3.05, 3.63) is 40.8 Å². The van der Waals surface area contributed by atoms with E-state index in [9.17, 15) is 4.79 Å². The maximum Gasteiger partial charge on any atom is 0.336 e. The molecule has 3 nitrogen and oxygen atoms in total. The minimum atomic E-state index is -0.328. The Labute approximate surface area is 100 Å². The monoisotopic (exact) mass is 232 g/mol. The second kappa shape index (κ2) is 5.04. The van der Waals surface area contributed by atoms with Crippen LogP contribution in [-0.2, 0) is 0 Å². The van der Waals surface area contributed by atoms with Gasteiger partial charge >= 0.3 is 5.63 Å². The summed E-state index contributed by atoms with van der Waals surface area (Å²) in [6.45, 7) is 4.19. The molecule has 1 aromatic carbocycles. The summed E-state index contributed by atoms with van der Waals surface area (Å²) in [6, 6.07) is 8.66. The summed E-state index contributed by atoms with van der Waals surface area (Å²) in [5, 5.41) is 0.880. The van der Waals surface area contributed by atoms with Crippen LogP contribution in [0.4, 0.5) is 0 Å². The fraction of sp³-hybridized carbons (Fsp3) is 0.357. The van der Waals surface area contributed by atoms with Gasteiger partial charge in [-0.2, -0.15) is 0 Å². The predicted octanol–water partition coefficient (Wildman–Crippen LogP) is 3.36. The van der Waals surface area contributed by atoms with Gasteiger partial charge in [-0.05, 0) is 37.6 Å². The highest BCUT2D eigenvalue weighted by Gasteiger charge is 2.04. The molecule has 90 valence electrons. The maximum absolute atomic E-state index is 11.0. The molecule has 0 aliphatic rings. The lowest BCUT2D eigenvalue weighted by molar-refractivity contribution is 0.210. The van der Waals surface area contributed by atoms with Gasteiger partial charge in [-0.25, -0.2) is 4.79 Å². The van der Waals surface area contributed by atoms with Crippen LogP contribution in [0.2, 0.25) is 0 Å². The Bertz CT molecular complexity index is 557. The van der Waals surface area contributed by atoms with Gasteiger partial charge in [0.25, 0.3) is 0 Å². The Morgan fingerprint density at radius 3 is 2.88 bits per heavy atom. The van der Waals surface area contributed by atoms with Crippen molar-refractivity contribution >= 4 is 11.0 Å². The summed E-state index contributed by atoms with van der Waals surface area (Å²) >= 11 is 0. The van der Waals surface area contributed by atoms with Gasteiger partial charge in [0.15, 0.2) is 0 Å². The van der Waals surface area contributed by atoms with Gasteiger partial charge in [0.2, 0.25) is 0 Å². The third-order valence-electron chi connectivity index (χ3n) is 2.62. The summed E-state index contributed by atoms with van der Waals surface area (Å²) in [7, 11) is 0. The maximum atomic E-state index is 11.0. The number of hydrogen-bond acceptors (Lipinski definition) is 3. The second-order valence-electron chi connectivity index (χ2n) is 4.17. The molecule has 0 aliphatic carbocycles. The molecule has 1 unspecified atom stereocenters. The molecule has 0 saturated heterocycles. The van der Waals surface area contributed by atoms with Crippen molar-refractivity contribution in [3.63, 3.8) is 0 Å². The van der Waals surface area contributed by atoms with Gasteiger partial charge in [0.05, 0.1) is 6.10 Å². The van der Waals surface area contributed by atoms with E-state index in [4.69, 9.17) is 9.15 Å². The molecule has 2 aromatic rings. The van der Waals surface area contributed by atoms with E-state index in [2.05, 4.69) is 13.8 Å². The summed E-state index contributed by atoms with van der Waals surface area (Å²) in [5.74, 6) is 0.812. The third kappa shape index (κ3) is 2.87. The zero-order chi connectivity index (χ0) is 12.3. The first-order valence-corrected chi connectivity index (χ1v) is 5.89. The normalized spacial score (nSPS) is 12.6. The molecule has 1 aromatic heterocycles. The van der Waals surface area contributed by atoms with Crippen LogP contribution in [-0.4, -0.2) is 6.10 Å². The number of fused-ring (bicyclic) bond motifs is 1. The van der Waals surface area contributed by atoms with Crippen LogP contribution in [0.25, 0.3) is 11.0 Å². The van der Waals surface area contributed by atoms with Crippen molar-refractivity contribution in [2.45, 2.75) is 32.8 Å². The van der Waals surface area contributed by atoms with Crippen molar-refractivity contribution in [1.29, 1.82) is 0 Å². The van der Waals surface area contributed by atoms with E-state index in [-0.39, 0.29) is 11.7 Å². The second-order valence-corrected chi connectivity index (χ2v) is 4.17. The van der Waals surface area contributed by atoms with Gasteiger partial charge in [-0.1, -0.05) is 13.3 Å². The van der Waals surface area contributed by atoms with Gasteiger partial charge in [0.1, 0.15) is 11.3 Å². The van der Waals surface area contributed by atoms with Gasteiger partial charge < -0.3 is 9.15 Å². The van der Waals surface area contributed by atoms with E-state index in [1.165, 1.54) is 6.07 Å². The predicted molar refractivity (Wildman–Crippen MR) is 67.5 cm³/mol. The van der Waals surface area contributed by atoms with E-state index in [0.717, 1.165) is 24.0 Å². The van der Waals surface area contributed by atoms with Crippen LogP contribution in [0.3, 0.4) is 0 Å². The topological polar surface area (TPSA) is 39.4 Å². The summed E-state index contributed by atoms with van der Waals surface area (Å²) in [4.78, 5) is 11.0. The Kier molecular flexibility index (Phi) is 3.47. The molecule has 0 aliphatic heterocycles. The lowest BCUT2D eigenvalue weighted by atomic mass is 10.2. The largest absolute Gasteiger partial charge is 0.491 e. The van der Waals surface area contributed by atoms with Crippen molar-refractivity contribution in [2.75, 3.05) is 0 Å². The van der Waals surface area contributed by atoms with Crippen LogP contribution in [0.5, 0.6) is 5.75 Å². The minimum absolute atomic E-state index is 0.202. The van der Waals surface area contributed by atoms with Crippen LogP contribution in [0, 0.1) is 0 Å². The number of ether oxygens (including phenoxy) is 1. The molecule has 0 fully saturated rings. The average Bonchev–Trinajstić information content (AvgIpc) is 2.29. The Balaban J connectivity index is 2.25. The first kappa shape index (κ1) is 11.7. The molecule has 0 N–H and O–H groups in total. The highest BCUT2D eigenvalue weighted by atomic mass is 16.5. The van der Waals surface area contributed by atoms with Gasteiger partial charge in [-0.15, -0.1) is 0 Å². The lowest BCUT2D eigenvalue weighted by Gasteiger charge is -2.13. The van der Waals surface area contributed by atoms with E-state index < -0.39 is 0 Å². The molecule has 17 heavy (non-hydrogen) atoms. The molecule has 1 atom stereocenters. The fourth-order valence-corrected chi connectivity index (χ4v) is 1.82. The summed E-state index contributed by atoms with van der Waals surface area (Å²) < 4.78 is 10.8. The first-order valence-electron chi connectivity index (χ1n) is 5.89. The van der Waals surface area contributed by atoms with Crippen LogP contribution >= 0.6 is 0 Å². The SMILES string of the molecule is CCCC(C)Oc1ccc2oc(=O)ccc2c1. The standard InChI is InChI=1S/C14H16O3/c1-3-4-10(2)16-12-6-7-13-11(9-12)5-8-14(15)17-13/h5-10H,3-4H2,1-2H3. The molecule has 0 amide bonds. The molecule has 0 spiro atoms. The van der Waals surface area contributed by atoms with Crippen molar-refractivity contribution in [1.82, 2.24) is 0 Å². The first-order chi connectivity index (χ1) is 8.19. The molecule has 0 radical (unpaired) electrons. The lowest BCUT2D eigenvalue weighted by Crippen LogP contribution is -2.10. The molecular formula is C14H16O3. The van der Waals surface area contributed by atoms with Gasteiger partial charge in [0, 0.05) is 11.5 Å². The summed E-state index contributed by atoms with van der Waals surface area (Å²) in [5.41, 5.74) is 0.263. The molecule has 0 bridgehead atoms. The fourth-order valence-electron chi connectivity index (χ4n) is 1.82. The molecule has 1 heterocycles. The van der Waals surface area contributed by atoms with Gasteiger partial charge in [-0.3, -0.25) is 0 Å². The number of hydrogen-bond donors (Lipinski definition) is 0. The molecular weight excluding hydrogens is 216 g/mol. The molecule has 3 heteroatoms. The molecule has 2 rings (SSSR count).